The van der Waals surface area contributed by atoms with Crippen LogP contribution in [-0.4, -0.2) is 31.2 Å². The van der Waals surface area contributed by atoms with Gasteiger partial charge >= 0.3 is 12.4 Å². The Labute approximate surface area is 465 Å². The fraction of sp³-hybridized carbons (Fsp3) is 0.152. The summed E-state index contributed by atoms with van der Waals surface area (Å²) in [5, 5.41) is 27.6. The molecule has 9 rings (SSSR count). The van der Waals surface area contributed by atoms with E-state index in [0.717, 1.165) is 36.8 Å². The quantitative estimate of drug-likeness (QED) is 0.0370. The summed E-state index contributed by atoms with van der Waals surface area (Å²) in [6.07, 6.45) is -4.83. The molecular formula is C66H59BF6O5P2. The Balaban J connectivity index is 0.000000180. The van der Waals surface area contributed by atoms with Crippen LogP contribution in [0.3, 0.4) is 0 Å². The maximum Gasteiger partial charge on any atom is 0.416 e. The number of benzene rings is 9. The van der Waals surface area contributed by atoms with Gasteiger partial charge in [-0.05, 0) is 115 Å². The lowest BCUT2D eigenvalue weighted by molar-refractivity contribution is -0.372. The van der Waals surface area contributed by atoms with Gasteiger partial charge in [-0.3, -0.25) is 9.59 Å². The predicted molar refractivity (Wildman–Crippen MR) is 312 cm³/mol. The van der Waals surface area contributed by atoms with Crippen LogP contribution >= 0.6 is 14.5 Å². The number of aryl methyl sites for hydroxylation is 2. The summed E-state index contributed by atoms with van der Waals surface area (Å²) >= 11 is 0. The highest BCUT2D eigenvalue weighted by Gasteiger charge is 2.49. The second kappa shape index (κ2) is 28.1. The standard InChI is InChI=1S/2C29H28OP.C8H3BF6O3/c2*1-2-12-24-19-21-25(22-20-24)29(30)23-31(26-13-6-3-7-14-26,27-15-8-4-9-16-27)28-17-10-5-11-18-28;10-7(11,12)4-1-5(8(13,14)15)3-6(2-4)18-9(16)17/h2*3-11,13-22H,2,12,23H2,1H3;1-3H/q2*+1;-2. The van der Waals surface area contributed by atoms with E-state index in [4.69, 9.17) is 0 Å². The Morgan fingerprint density at radius 1 is 0.400 bits per heavy atom. The third-order valence-electron chi connectivity index (χ3n) is 13.4. The van der Waals surface area contributed by atoms with E-state index in [9.17, 15) is 46.0 Å². The summed E-state index contributed by atoms with van der Waals surface area (Å²) in [7, 11) is -7.32. The molecule has 0 spiro atoms. The lowest BCUT2D eigenvalue weighted by atomic mass is 10.1. The summed E-state index contributed by atoms with van der Waals surface area (Å²) in [4.78, 5) is 27.4. The van der Waals surface area contributed by atoms with E-state index in [1.165, 1.54) is 43.0 Å². The molecule has 0 N–H and O–H groups in total. The lowest BCUT2D eigenvalue weighted by Crippen LogP contribution is -2.50. The molecule has 0 aliphatic carbocycles. The molecule has 0 unspecified atom stereocenters. The molecule has 80 heavy (non-hydrogen) atoms. The lowest BCUT2D eigenvalue weighted by Gasteiger charge is -2.27. The zero-order chi connectivity index (χ0) is 57.2. The zero-order valence-corrected chi connectivity index (χ0v) is 46.0. The minimum absolute atomic E-state index is 0.141. The van der Waals surface area contributed by atoms with Crippen molar-refractivity contribution in [3.63, 3.8) is 0 Å². The van der Waals surface area contributed by atoms with Crippen LogP contribution in [0.2, 0.25) is 0 Å². The van der Waals surface area contributed by atoms with Crippen molar-refractivity contribution < 1.29 is 50.6 Å². The summed E-state index contributed by atoms with van der Waals surface area (Å²) in [6, 6.07) is 80.1. The van der Waals surface area contributed by atoms with Crippen molar-refractivity contribution in [1.29, 1.82) is 0 Å². The maximum absolute atomic E-state index is 13.7. The highest BCUT2D eigenvalue weighted by atomic mass is 31.2. The van der Waals surface area contributed by atoms with Crippen molar-refractivity contribution in [1.82, 2.24) is 0 Å². The molecule has 0 bridgehead atoms. The molecule has 9 aromatic rings. The normalized spacial score (nSPS) is 11.5. The van der Waals surface area contributed by atoms with E-state index >= 15 is 0 Å². The number of ketones is 2. The van der Waals surface area contributed by atoms with E-state index < -0.39 is 51.1 Å². The largest absolute Gasteiger partial charge is 0.860 e. The molecule has 0 fully saturated rings. The molecular weight excluding hydrogens is 1060 g/mol. The second-order valence-electron chi connectivity index (χ2n) is 18.8. The molecule has 0 amide bonds. The summed E-state index contributed by atoms with van der Waals surface area (Å²) in [5.41, 5.74) is 0.851. The average molecular weight is 1120 g/mol. The molecule has 0 aromatic heterocycles. The van der Waals surface area contributed by atoms with Crippen LogP contribution in [0.1, 0.15) is 69.7 Å². The first-order valence-corrected chi connectivity index (χ1v) is 30.0. The number of halogens is 6. The third-order valence-corrected chi connectivity index (χ3v) is 22.0. The van der Waals surface area contributed by atoms with Gasteiger partial charge in [0.15, 0.2) is 0 Å². The van der Waals surface area contributed by atoms with Crippen LogP contribution in [0.5, 0.6) is 5.75 Å². The van der Waals surface area contributed by atoms with Crippen LogP contribution in [0.25, 0.3) is 0 Å². The number of alkyl halides is 6. The second-order valence-corrected chi connectivity index (χ2v) is 25.8. The third kappa shape index (κ3) is 15.5. The van der Waals surface area contributed by atoms with Gasteiger partial charge in [-0.15, -0.1) is 0 Å². The average Bonchev–Trinajstić information content (AvgIpc) is 3.64. The SMILES string of the molecule is CCCc1ccc(C(=O)C[P+](c2ccccc2)(c2ccccc2)c2ccccc2)cc1.CCCc1ccc(C(=O)C[P+](c2ccccc2)(c2ccccc2)c2ccccc2)cc1.[O-]B([O-])Oc1cc(C(F)(F)F)cc(C(F)(F)F)c1. The minimum Gasteiger partial charge on any atom is -0.860 e. The van der Waals surface area contributed by atoms with Gasteiger partial charge in [-0.25, -0.2) is 0 Å². The van der Waals surface area contributed by atoms with E-state index in [0.29, 0.717) is 12.3 Å². The van der Waals surface area contributed by atoms with Gasteiger partial charge in [0.25, 0.3) is 0 Å². The Morgan fingerprint density at radius 2 is 0.650 bits per heavy atom. The van der Waals surface area contributed by atoms with Gasteiger partial charge in [-0.2, -0.15) is 26.3 Å². The summed E-state index contributed by atoms with van der Waals surface area (Å²) in [5.74, 6) is -0.673. The highest BCUT2D eigenvalue weighted by Crippen LogP contribution is 2.57. The molecule has 0 radical (unpaired) electrons. The molecule has 0 saturated carbocycles. The number of Topliss-reactive ketones (excluding diaryl/α,β-unsaturated/α-hetero) is 2. The fourth-order valence-electron chi connectivity index (χ4n) is 9.55. The fourth-order valence-corrected chi connectivity index (χ4v) is 17.7. The van der Waals surface area contributed by atoms with Crippen molar-refractivity contribution in [3.8, 4) is 5.75 Å². The molecule has 0 aliphatic heterocycles. The van der Waals surface area contributed by atoms with Crippen LogP contribution in [0.4, 0.5) is 26.3 Å². The van der Waals surface area contributed by atoms with Crippen molar-refractivity contribution in [2.24, 2.45) is 0 Å². The van der Waals surface area contributed by atoms with Gasteiger partial charge in [-0.1, -0.05) is 184 Å². The Hall–Kier alpha value is -7.46. The molecule has 0 aliphatic rings. The van der Waals surface area contributed by atoms with Gasteiger partial charge in [0.2, 0.25) is 11.6 Å². The minimum atomic E-state index is -5.05. The number of carbonyl (C=O) groups excluding carboxylic acids is 2. The Bertz CT molecular complexity index is 2930. The molecule has 0 atom stereocenters. The molecule has 5 nitrogen and oxygen atoms in total. The van der Waals surface area contributed by atoms with Gasteiger partial charge in [0, 0.05) is 11.1 Å². The van der Waals surface area contributed by atoms with Crippen LogP contribution in [0.15, 0.2) is 249 Å². The van der Waals surface area contributed by atoms with Gasteiger partial charge in [0.05, 0.1) is 16.9 Å². The van der Waals surface area contributed by atoms with Crippen molar-refractivity contribution >= 4 is 65.2 Å². The van der Waals surface area contributed by atoms with Crippen LogP contribution < -0.4 is 46.5 Å². The Morgan fingerprint density at radius 3 is 0.863 bits per heavy atom. The van der Waals surface area contributed by atoms with Crippen LogP contribution in [-0.2, 0) is 25.2 Å². The first-order valence-electron chi connectivity index (χ1n) is 26.1. The molecule has 0 saturated heterocycles. The smallest absolute Gasteiger partial charge is 0.416 e. The van der Waals surface area contributed by atoms with Crippen molar-refractivity contribution in [2.45, 2.75) is 51.9 Å². The number of hydrogen-bond acceptors (Lipinski definition) is 5. The van der Waals surface area contributed by atoms with Crippen molar-refractivity contribution in [2.75, 3.05) is 12.3 Å². The number of hydrogen-bond donors (Lipinski definition) is 0. The summed E-state index contributed by atoms with van der Waals surface area (Å²) < 4.78 is 77.5. The topological polar surface area (TPSA) is 89.5 Å². The first-order chi connectivity index (χ1) is 38.5. The highest BCUT2D eigenvalue weighted by molar-refractivity contribution is 7.96. The zero-order valence-electron chi connectivity index (χ0n) is 44.2. The number of rotatable bonds is 18. The monoisotopic (exact) mass is 1120 g/mol. The van der Waals surface area contributed by atoms with E-state index in [-0.39, 0.29) is 29.8 Å². The Kier molecular flexibility index (Phi) is 21.1. The van der Waals surface area contributed by atoms with Gasteiger partial charge in [0.1, 0.15) is 66.0 Å². The van der Waals surface area contributed by atoms with Crippen molar-refractivity contribution in [3.05, 3.63) is 282 Å². The number of carbonyl (C=O) groups is 2. The molecule has 408 valence electrons. The van der Waals surface area contributed by atoms with E-state index in [2.05, 4.69) is 188 Å². The van der Waals surface area contributed by atoms with Gasteiger partial charge < -0.3 is 14.7 Å². The molecule has 0 heterocycles. The van der Waals surface area contributed by atoms with Crippen LogP contribution in [0, 0.1) is 0 Å². The van der Waals surface area contributed by atoms with E-state index in [1.807, 2.05) is 60.7 Å². The first kappa shape index (κ1) is 60.2. The summed E-state index contributed by atoms with van der Waals surface area (Å²) in [6.45, 7) is 4.36. The molecule has 14 heteroatoms. The predicted octanol–water partition coefficient (Wildman–Crippen LogP) is 12.4. The molecule has 9 aromatic carbocycles. The maximum atomic E-state index is 13.7. The van der Waals surface area contributed by atoms with E-state index in [1.54, 1.807) is 0 Å².